The summed E-state index contributed by atoms with van der Waals surface area (Å²) in [5.41, 5.74) is 1.54. The van der Waals surface area contributed by atoms with Gasteiger partial charge < -0.3 is 9.72 Å². The largest absolute Gasteiger partial charge is 0.461 e. The molecule has 1 aromatic heterocycles. The predicted molar refractivity (Wildman–Crippen MR) is 82.4 cm³/mol. The lowest BCUT2D eigenvalue weighted by molar-refractivity contribution is -0.383. The van der Waals surface area contributed by atoms with E-state index in [4.69, 9.17) is 4.74 Å². The number of para-hydroxylation sites is 1. The van der Waals surface area contributed by atoms with Crippen molar-refractivity contribution in [3.05, 3.63) is 52.7 Å². The van der Waals surface area contributed by atoms with Crippen molar-refractivity contribution in [2.24, 2.45) is 0 Å². The molecule has 0 saturated heterocycles. The molecule has 1 N–H and O–H groups in total. The molecule has 0 aliphatic rings. The van der Waals surface area contributed by atoms with E-state index in [1.807, 2.05) is 18.0 Å². The van der Waals surface area contributed by atoms with E-state index in [1.165, 1.54) is 6.07 Å². The number of nitrogens with zero attached hydrogens (tertiary/aromatic N) is 2. The Morgan fingerprint density at radius 2 is 2.32 bits per heavy atom. The van der Waals surface area contributed by atoms with E-state index < -0.39 is 10.9 Å². The molecule has 0 saturated carbocycles. The number of carbonyl (C=O) groups is 1. The highest BCUT2D eigenvalue weighted by atomic mass is 16.6. The molecule has 0 aliphatic heterocycles. The zero-order chi connectivity index (χ0) is 16.1. The number of nitro benzene ring substituents is 1. The molecule has 2 rings (SSSR count). The minimum Gasteiger partial charge on any atom is -0.461 e. The molecule has 0 atom stereocenters. The van der Waals surface area contributed by atoms with Crippen LogP contribution in [0.25, 0.3) is 10.9 Å². The summed E-state index contributed by atoms with van der Waals surface area (Å²) in [5.74, 6) is -0.448. The van der Waals surface area contributed by atoms with Crippen molar-refractivity contribution in [2.75, 3.05) is 20.2 Å². The first kappa shape index (κ1) is 15.7. The van der Waals surface area contributed by atoms with Gasteiger partial charge in [-0.25, -0.2) is 4.79 Å². The normalized spacial score (nSPS) is 10.8. The van der Waals surface area contributed by atoms with Crippen LogP contribution in [0.3, 0.4) is 0 Å². The quantitative estimate of drug-likeness (QED) is 0.367. The smallest absolute Gasteiger partial charge is 0.330 e. The SMILES string of the molecule is C=CC(=O)OCCN(C)Cc1c[nH]c2c([N+](=O)[O-])cccc12. The van der Waals surface area contributed by atoms with Gasteiger partial charge in [-0.1, -0.05) is 18.7 Å². The molecule has 1 aromatic carbocycles. The number of aromatic nitrogens is 1. The number of carbonyl (C=O) groups excluding carboxylic acids is 1. The Labute approximate surface area is 127 Å². The van der Waals surface area contributed by atoms with E-state index in [9.17, 15) is 14.9 Å². The van der Waals surface area contributed by atoms with Gasteiger partial charge in [0.25, 0.3) is 5.69 Å². The number of fused-ring (bicyclic) bond motifs is 1. The van der Waals surface area contributed by atoms with E-state index in [-0.39, 0.29) is 12.3 Å². The lowest BCUT2D eigenvalue weighted by Crippen LogP contribution is -2.23. The molecule has 0 aliphatic carbocycles. The fraction of sp³-hybridized carbons (Fsp3) is 0.267. The van der Waals surface area contributed by atoms with Crippen LogP contribution < -0.4 is 0 Å². The van der Waals surface area contributed by atoms with Crippen molar-refractivity contribution in [3.8, 4) is 0 Å². The number of rotatable bonds is 7. The molecule has 22 heavy (non-hydrogen) atoms. The van der Waals surface area contributed by atoms with Crippen LogP contribution in [0.5, 0.6) is 0 Å². The molecule has 0 unspecified atom stereocenters. The minimum absolute atomic E-state index is 0.0614. The molecule has 2 aromatic rings. The molecule has 7 nitrogen and oxygen atoms in total. The third kappa shape index (κ3) is 3.50. The summed E-state index contributed by atoms with van der Waals surface area (Å²) in [7, 11) is 1.89. The Hall–Kier alpha value is -2.67. The van der Waals surface area contributed by atoms with E-state index >= 15 is 0 Å². The first-order valence-electron chi connectivity index (χ1n) is 6.74. The molecule has 0 radical (unpaired) electrons. The summed E-state index contributed by atoms with van der Waals surface area (Å²) in [6, 6.07) is 4.99. The van der Waals surface area contributed by atoms with Gasteiger partial charge >= 0.3 is 5.97 Å². The van der Waals surface area contributed by atoms with Crippen molar-refractivity contribution in [3.63, 3.8) is 0 Å². The summed E-state index contributed by atoms with van der Waals surface area (Å²) >= 11 is 0. The molecule has 0 fully saturated rings. The number of aromatic amines is 1. The Bertz CT molecular complexity index is 708. The number of benzene rings is 1. The molecule has 116 valence electrons. The second-order valence-corrected chi connectivity index (χ2v) is 4.88. The average molecular weight is 303 g/mol. The zero-order valence-electron chi connectivity index (χ0n) is 12.2. The van der Waals surface area contributed by atoms with Crippen LogP contribution >= 0.6 is 0 Å². The van der Waals surface area contributed by atoms with Gasteiger partial charge in [-0.15, -0.1) is 0 Å². The number of esters is 1. The van der Waals surface area contributed by atoms with Crippen LogP contribution in [0.15, 0.2) is 37.1 Å². The van der Waals surface area contributed by atoms with Gasteiger partial charge in [0.15, 0.2) is 0 Å². The fourth-order valence-corrected chi connectivity index (χ4v) is 2.21. The lowest BCUT2D eigenvalue weighted by atomic mass is 10.1. The Morgan fingerprint density at radius 1 is 1.55 bits per heavy atom. The van der Waals surface area contributed by atoms with Crippen molar-refractivity contribution >= 4 is 22.6 Å². The highest BCUT2D eigenvalue weighted by Crippen LogP contribution is 2.27. The van der Waals surface area contributed by atoms with Crippen molar-refractivity contribution in [1.82, 2.24) is 9.88 Å². The average Bonchev–Trinajstić information content (AvgIpc) is 2.89. The highest BCUT2D eigenvalue weighted by Gasteiger charge is 2.15. The first-order valence-corrected chi connectivity index (χ1v) is 6.74. The van der Waals surface area contributed by atoms with Crippen molar-refractivity contribution in [2.45, 2.75) is 6.54 Å². The van der Waals surface area contributed by atoms with Gasteiger partial charge in [0.05, 0.1) is 4.92 Å². The van der Waals surface area contributed by atoms with Crippen LogP contribution in [0.1, 0.15) is 5.56 Å². The molecular formula is C15H17N3O4. The maximum absolute atomic E-state index is 11.0. The number of non-ortho nitro benzene ring substituents is 1. The van der Waals surface area contributed by atoms with Gasteiger partial charge in [-0.05, 0) is 12.6 Å². The van der Waals surface area contributed by atoms with E-state index in [0.717, 1.165) is 17.0 Å². The number of nitrogens with one attached hydrogen (secondary N) is 1. The summed E-state index contributed by atoms with van der Waals surface area (Å²) in [5, 5.41) is 11.8. The molecule has 1 heterocycles. The van der Waals surface area contributed by atoms with E-state index in [0.29, 0.717) is 18.6 Å². The molecule has 0 spiro atoms. The fourth-order valence-electron chi connectivity index (χ4n) is 2.21. The number of ether oxygens (including phenoxy) is 1. The van der Waals surface area contributed by atoms with Gasteiger partial charge in [-0.2, -0.15) is 0 Å². The van der Waals surface area contributed by atoms with Crippen LogP contribution in [-0.4, -0.2) is 41.0 Å². The van der Waals surface area contributed by atoms with E-state index in [1.54, 1.807) is 12.3 Å². The summed E-state index contributed by atoms with van der Waals surface area (Å²) < 4.78 is 4.92. The number of nitro groups is 1. The van der Waals surface area contributed by atoms with Gasteiger partial charge in [0.2, 0.25) is 0 Å². The Balaban J connectivity index is 2.05. The van der Waals surface area contributed by atoms with Crippen LogP contribution in [0, 0.1) is 10.1 Å². The van der Waals surface area contributed by atoms with Gasteiger partial charge in [0.1, 0.15) is 12.1 Å². The predicted octanol–water partition coefficient (Wildman–Crippen LogP) is 2.24. The summed E-state index contributed by atoms with van der Waals surface area (Å²) in [6.45, 7) is 4.74. The lowest BCUT2D eigenvalue weighted by Gasteiger charge is -2.15. The minimum atomic E-state index is -0.448. The number of hydrogen-bond acceptors (Lipinski definition) is 5. The van der Waals surface area contributed by atoms with Gasteiger partial charge in [0, 0.05) is 36.8 Å². The first-order chi connectivity index (χ1) is 10.5. The number of hydrogen-bond donors (Lipinski definition) is 1. The van der Waals surface area contributed by atoms with E-state index in [2.05, 4.69) is 11.6 Å². The molecule has 7 heteroatoms. The zero-order valence-corrected chi connectivity index (χ0v) is 12.2. The van der Waals surface area contributed by atoms with Crippen molar-refractivity contribution in [1.29, 1.82) is 0 Å². The summed E-state index contributed by atoms with van der Waals surface area (Å²) in [4.78, 5) is 26.5. The van der Waals surface area contributed by atoms with Gasteiger partial charge in [-0.3, -0.25) is 15.0 Å². The molecule has 0 bridgehead atoms. The topological polar surface area (TPSA) is 88.5 Å². The van der Waals surface area contributed by atoms with Crippen molar-refractivity contribution < 1.29 is 14.5 Å². The third-order valence-corrected chi connectivity index (χ3v) is 3.30. The third-order valence-electron chi connectivity index (χ3n) is 3.30. The molecular weight excluding hydrogens is 286 g/mol. The van der Waals surface area contributed by atoms with Crippen LogP contribution in [0.2, 0.25) is 0 Å². The Morgan fingerprint density at radius 3 is 3.00 bits per heavy atom. The Kier molecular flexibility index (Phi) is 4.90. The summed E-state index contributed by atoms with van der Waals surface area (Å²) in [6.07, 6.45) is 2.89. The van der Waals surface area contributed by atoms with Crippen LogP contribution in [0.4, 0.5) is 5.69 Å². The highest BCUT2D eigenvalue weighted by molar-refractivity contribution is 5.90. The maximum Gasteiger partial charge on any atom is 0.330 e. The number of likely N-dealkylation sites (N-methyl/N-ethyl adjacent to an activating group) is 1. The standard InChI is InChI=1S/C15H17N3O4/c1-3-14(19)22-8-7-17(2)10-11-9-16-15-12(11)5-4-6-13(15)18(20)21/h3-6,9,16H,1,7-8,10H2,2H3. The molecule has 0 amide bonds. The maximum atomic E-state index is 11.0. The second kappa shape index (κ2) is 6.86. The number of H-pyrrole nitrogens is 1. The second-order valence-electron chi connectivity index (χ2n) is 4.88. The van der Waals surface area contributed by atoms with Crippen LogP contribution in [-0.2, 0) is 16.1 Å². The monoisotopic (exact) mass is 303 g/mol.